The average Bonchev–Trinajstić information content (AvgIpc) is 2.76. The lowest BCUT2D eigenvalue weighted by molar-refractivity contribution is 0.311. The van der Waals surface area contributed by atoms with Crippen molar-refractivity contribution in [1.29, 1.82) is 0 Å². The number of hydrogen-bond donors (Lipinski definition) is 1. The number of thioether (sulfide) groups is 1. The molecule has 0 fully saturated rings. The zero-order valence-corrected chi connectivity index (χ0v) is 11.1. The van der Waals surface area contributed by atoms with E-state index in [1.807, 2.05) is 11.8 Å². The highest BCUT2D eigenvalue weighted by molar-refractivity contribution is 7.98. The first kappa shape index (κ1) is 13.5. The van der Waals surface area contributed by atoms with E-state index < -0.39 is 0 Å². The highest BCUT2D eigenvalue weighted by atomic mass is 32.2. The molecule has 0 amide bonds. The summed E-state index contributed by atoms with van der Waals surface area (Å²) in [7, 11) is 0. The summed E-state index contributed by atoms with van der Waals surface area (Å²) in [4.78, 5) is 4.33. The number of aromatic nitrogens is 2. The second kappa shape index (κ2) is 6.91. The molecule has 2 atom stereocenters. The molecule has 1 aromatic rings. The Balaban J connectivity index is 2.50. The molecule has 4 nitrogen and oxygen atoms in total. The zero-order chi connectivity index (χ0) is 12.0. The minimum absolute atomic E-state index is 0.137. The molecular weight excluding hydrogens is 222 g/mol. The molecule has 0 saturated carbocycles. The zero-order valence-electron chi connectivity index (χ0n) is 10.3. The van der Waals surface area contributed by atoms with Gasteiger partial charge in [0.25, 0.3) is 0 Å². The van der Waals surface area contributed by atoms with E-state index >= 15 is 0 Å². The average molecular weight is 243 g/mol. The van der Waals surface area contributed by atoms with Crippen LogP contribution in [0.25, 0.3) is 0 Å². The van der Waals surface area contributed by atoms with Crippen LogP contribution in [0.1, 0.15) is 51.4 Å². The van der Waals surface area contributed by atoms with Gasteiger partial charge in [0.2, 0.25) is 5.89 Å². The van der Waals surface area contributed by atoms with Gasteiger partial charge in [-0.15, -0.1) is 0 Å². The van der Waals surface area contributed by atoms with Crippen LogP contribution in [0.5, 0.6) is 0 Å². The lowest BCUT2D eigenvalue weighted by Gasteiger charge is -2.12. The van der Waals surface area contributed by atoms with Crippen molar-refractivity contribution in [2.24, 2.45) is 11.7 Å². The van der Waals surface area contributed by atoms with E-state index in [-0.39, 0.29) is 6.04 Å². The molecule has 0 spiro atoms. The lowest BCUT2D eigenvalue weighted by atomic mass is 10.0. The molecule has 92 valence electrons. The van der Waals surface area contributed by atoms with E-state index in [1.165, 1.54) is 6.42 Å². The summed E-state index contributed by atoms with van der Waals surface area (Å²) >= 11 is 1.82. The van der Waals surface area contributed by atoms with E-state index in [4.69, 9.17) is 10.3 Å². The summed E-state index contributed by atoms with van der Waals surface area (Å²) < 4.78 is 5.18. The summed E-state index contributed by atoms with van der Waals surface area (Å²) in [6.07, 6.45) is 2.19. The number of nitrogens with two attached hydrogens (primary N) is 1. The Bertz CT molecular complexity index is 303. The Morgan fingerprint density at radius 1 is 1.44 bits per heavy atom. The fourth-order valence-corrected chi connectivity index (χ4v) is 2.00. The Kier molecular flexibility index (Phi) is 5.84. The topological polar surface area (TPSA) is 64.9 Å². The molecule has 1 rings (SSSR count). The van der Waals surface area contributed by atoms with E-state index in [0.717, 1.165) is 23.8 Å². The molecule has 1 heterocycles. The Morgan fingerprint density at radius 3 is 2.81 bits per heavy atom. The van der Waals surface area contributed by atoms with Gasteiger partial charge in [-0.2, -0.15) is 16.7 Å². The van der Waals surface area contributed by atoms with Crippen LogP contribution in [-0.2, 0) is 5.75 Å². The van der Waals surface area contributed by atoms with Crippen molar-refractivity contribution in [2.75, 3.05) is 5.75 Å². The second-order valence-electron chi connectivity index (χ2n) is 4.01. The van der Waals surface area contributed by atoms with Crippen LogP contribution in [0.15, 0.2) is 4.52 Å². The molecule has 1 aromatic heterocycles. The molecule has 5 heteroatoms. The van der Waals surface area contributed by atoms with Gasteiger partial charge in [0.05, 0.1) is 11.8 Å². The van der Waals surface area contributed by atoms with E-state index in [0.29, 0.717) is 11.8 Å². The molecule has 0 radical (unpaired) electrons. The van der Waals surface area contributed by atoms with Gasteiger partial charge in [-0.3, -0.25) is 0 Å². The van der Waals surface area contributed by atoms with Crippen LogP contribution in [0.2, 0.25) is 0 Å². The highest BCUT2D eigenvalue weighted by Gasteiger charge is 2.19. The third kappa shape index (κ3) is 3.79. The summed E-state index contributed by atoms with van der Waals surface area (Å²) in [6.45, 7) is 6.37. The fraction of sp³-hybridized carbons (Fsp3) is 0.818. The van der Waals surface area contributed by atoms with Crippen molar-refractivity contribution in [1.82, 2.24) is 10.1 Å². The lowest BCUT2D eigenvalue weighted by Crippen LogP contribution is -2.18. The molecule has 1 unspecified atom stereocenters. The predicted molar refractivity (Wildman–Crippen MR) is 67.1 cm³/mol. The van der Waals surface area contributed by atoms with Gasteiger partial charge in [0, 0.05) is 0 Å². The molecular formula is C11H21N3OS. The Morgan fingerprint density at radius 2 is 2.19 bits per heavy atom. The van der Waals surface area contributed by atoms with Crippen molar-refractivity contribution in [2.45, 2.75) is 45.4 Å². The normalized spacial score (nSPS) is 15.0. The first-order valence-corrected chi connectivity index (χ1v) is 7.00. The van der Waals surface area contributed by atoms with Crippen LogP contribution >= 0.6 is 11.8 Å². The SMILES string of the molecule is CCCSCc1noc([C@@H](N)C(C)CC)n1. The third-order valence-electron chi connectivity index (χ3n) is 2.61. The Labute approximate surface area is 101 Å². The van der Waals surface area contributed by atoms with Crippen LogP contribution in [0.4, 0.5) is 0 Å². The predicted octanol–water partition coefficient (Wildman–Crippen LogP) is 2.76. The summed E-state index contributed by atoms with van der Waals surface area (Å²) in [5, 5.41) is 3.94. The van der Waals surface area contributed by atoms with Crippen LogP contribution in [-0.4, -0.2) is 15.9 Å². The molecule has 2 N–H and O–H groups in total. The molecule has 0 aliphatic rings. The number of rotatable bonds is 7. The van der Waals surface area contributed by atoms with Gasteiger partial charge in [0.1, 0.15) is 0 Å². The monoisotopic (exact) mass is 243 g/mol. The minimum Gasteiger partial charge on any atom is -0.338 e. The molecule has 0 aromatic carbocycles. The fourth-order valence-electron chi connectivity index (χ4n) is 1.27. The summed E-state index contributed by atoms with van der Waals surface area (Å²) in [6, 6.07) is -0.137. The maximum atomic E-state index is 6.01. The standard InChI is InChI=1S/C11H21N3OS/c1-4-6-16-7-9-13-11(15-14-9)10(12)8(3)5-2/h8,10H,4-7,12H2,1-3H3/t8?,10-/m0/s1. The van der Waals surface area contributed by atoms with Crippen LogP contribution in [0, 0.1) is 5.92 Å². The summed E-state index contributed by atoms with van der Waals surface area (Å²) in [5.41, 5.74) is 6.01. The van der Waals surface area contributed by atoms with Gasteiger partial charge in [-0.25, -0.2) is 0 Å². The maximum Gasteiger partial charge on any atom is 0.243 e. The largest absolute Gasteiger partial charge is 0.338 e. The van der Waals surface area contributed by atoms with Gasteiger partial charge in [-0.05, 0) is 18.1 Å². The van der Waals surface area contributed by atoms with Gasteiger partial charge in [-0.1, -0.05) is 32.3 Å². The molecule has 0 aliphatic carbocycles. The first-order valence-electron chi connectivity index (χ1n) is 5.84. The van der Waals surface area contributed by atoms with Crippen LogP contribution in [0.3, 0.4) is 0 Å². The van der Waals surface area contributed by atoms with E-state index in [9.17, 15) is 0 Å². The van der Waals surface area contributed by atoms with Crippen molar-refractivity contribution >= 4 is 11.8 Å². The van der Waals surface area contributed by atoms with Crippen molar-refractivity contribution in [3.05, 3.63) is 11.7 Å². The van der Waals surface area contributed by atoms with Crippen molar-refractivity contribution in [3.63, 3.8) is 0 Å². The minimum atomic E-state index is -0.137. The quantitative estimate of drug-likeness (QED) is 0.746. The molecule has 0 bridgehead atoms. The van der Waals surface area contributed by atoms with Crippen LogP contribution < -0.4 is 5.73 Å². The summed E-state index contributed by atoms with van der Waals surface area (Å²) in [5.74, 6) is 3.64. The maximum absolute atomic E-state index is 6.01. The van der Waals surface area contributed by atoms with Gasteiger partial charge < -0.3 is 10.3 Å². The molecule has 0 saturated heterocycles. The van der Waals surface area contributed by atoms with Gasteiger partial charge in [0.15, 0.2) is 5.82 Å². The smallest absolute Gasteiger partial charge is 0.243 e. The number of nitrogens with zero attached hydrogens (tertiary/aromatic N) is 2. The number of hydrogen-bond acceptors (Lipinski definition) is 5. The van der Waals surface area contributed by atoms with Gasteiger partial charge >= 0.3 is 0 Å². The van der Waals surface area contributed by atoms with Crippen molar-refractivity contribution in [3.8, 4) is 0 Å². The second-order valence-corrected chi connectivity index (χ2v) is 5.12. The van der Waals surface area contributed by atoms with E-state index in [1.54, 1.807) is 0 Å². The van der Waals surface area contributed by atoms with Crippen molar-refractivity contribution < 1.29 is 4.52 Å². The van der Waals surface area contributed by atoms with E-state index in [2.05, 4.69) is 30.9 Å². The Hall–Kier alpha value is -0.550. The first-order chi connectivity index (χ1) is 7.69. The molecule has 0 aliphatic heterocycles. The highest BCUT2D eigenvalue weighted by Crippen LogP contribution is 2.21. The molecule has 16 heavy (non-hydrogen) atoms. The third-order valence-corrected chi connectivity index (χ3v) is 3.76.